The summed E-state index contributed by atoms with van der Waals surface area (Å²) in [4.78, 5) is 12.5. The van der Waals surface area contributed by atoms with Crippen LogP contribution in [0.1, 0.15) is 16.8 Å². The van der Waals surface area contributed by atoms with Crippen molar-refractivity contribution in [2.24, 2.45) is 0 Å². The van der Waals surface area contributed by atoms with Crippen LogP contribution < -0.4 is 14.4 Å². The van der Waals surface area contributed by atoms with Gasteiger partial charge in [-0.05, 0) is 48.9 Å². The van der Waals surface area contributed by atoms with Crippen LogP contribution >= 0.6 is 11.6 Å². The molecule has 1 aliphatic heterocycles. The molecule has 2 aromatic carbocycles. The van der Waals surface area contributed by atoms with E-state index in [-0.39, 0.29) is 27.8 Å². The average Bonchev–Trinajstić information content (AvgIpc) is 2.99. The van der Waals surface area contributed by atoms with E-state index in [9.17, 15) is 26.4 Å². The molecule has 1 fully saturated rings. The molecule has 0 aliphatic carbocycles. The fourth-order valence-corrected chi connectivity index (χ4v) is 4.53. The maximum atomic E-state index is 12.5. The van der Waals surface area contributed by atoms with Crippen LogP contribution in [0.2, 0.25) is 5.02 Å². The van der Waals surface area contributed by atoms with Gasteiger partial charge in [-0.2, -0.15) is 13.2 Å². The number of halogens is 4. The molecule has 0 radical (unpaired) electrons. The van der Waals surface area contributed by atoms with Gasteiger partial charge in [0.2, 0.25) is 10.0 Å². The summed E-state index contributed by atoms with van der Waals surface area (Å²) in [6.07, 6.45) is -4.01. The molecule has 156 valence electrons. The van der Waals surface area contributed by atoms with Crippen molar-refractivity contribution in [3.05, 3.63) is 53.1 Å². The molecule has 1 amide bonds. The molecule has 0 bridgehead atoms. The van der Waals surface area contributed by atoms with Gasteiger partial charge in [0.1, 0.15) is 5.75 Å². The normalized spacial score (nSPS) is 15.9. The smallest absolute Gasteiger partial charge is 0.422 e. The Labute approximate surface area is 170 Å². The van der Waals surface area contributed by atoms with Crippen molar-refractivity contribution in [3.8, 4) is 5.75 Å². The number of rotatable bonds is 5. The minimum atomic E-state index is -4.54. The van der Waals surface area contributed by atoms with Gasteiger partial charge in [0.15, 0.2) is 6.61 Å². The van der Waals surface area contributed by atoms with Gasteiger partial charge in [-0.3, -0.25) is 9.10 Å². The van der Waals surface area contributed by atoms with E-state index < -0.39 is 28.7 Å². The van der Waals surface area contributed by atoms with E-state index in [2.05, 4.69) is 5.32 Å². The second-order valence-corrected chi connectivity index (χ2v) is 8.74. The first-order valence-electron chi connectivity index (χ1n) is 8.46. The molecule has 0 spiro atoms. The van der Waals surface area contributed by atoms with E-state index in [0.29, 0.717) is 18.7 Å². The lowest BCUT2D eigenvalue weighted by molar-refractivity contribution is -0.153. The molecule has 1 aliphatic rings. The molecule has 6 nitrogen and oxygen atoms in total. The zero-order valence-corrected chi connectivity index (χ0v) is 16.4. The Bertz CT molecular complexity index is 1010. The molecule has 0 saturated carbocycles. The van der Waals surface area contributed by atoms with Crippen molar-refractivity contribution in [2.45, 2.75) is 12.6 Å². The van der Waals surface area contributed by atoms with Crippen molar-refractivity contribution in [1.29, 1.82) is 0 Å². The van der Waals surface area contributed by atoms with E-state index >= 15 is 0 Å². The Morgan fingerprint density at radius 2 is 1.86 bits per heavy atom. The number of carbonyl (C=O) groups is 1. The summed E-state index contributed by atoms with van der Waals surface area (Å²) in [6, 6.07) is 9.70. The molecule has 1 N–H and O–H groups in total. The molecule has 0 unspecified atom stereocenters. The zero-order chi connectivity index (χ0) is 21.2. The fourth-order valence-electron chi connectivity index (χ4n) is 2.79. The number of sulfonamides is 1. The molecule has 1 heterocycles. The molecule has 29 heavy (non-hydrogen) atoms. The average molecular weight is 449 g/mol. The van der Waals surface area contributed by atoms with E-state index in [1.807, 2.05) is 0 Å². The number of nitrogens with one attached hydrogen (secondary N) is 1. The van der Waals surface area contributed by atoms with Gasteiger partial charge in [0.05, 0.1) is 17.1 Å². The first-order chi connectivity index (χ1) is 13.5. The molecular weight excluding hydrogens is 433 g/mol. The first kappa shape index (κ1) is 21.3. The van der Waals surface area contributed by atoms with E-state index in [4.69, 9.17) is 16.3 Å². The second kappa shape index (κ2) is 8.11. The summed E-state index contributed by atoms with van der Waals surface area (Å²) in [5, 5.41) is 2.66. The third-order valence-corrected chi connectivity index (χ3v) is 6.20. The maximum absolute atomic E-state index is 12.5. The van der Waals surface area contributed by atoms with Crippen molar-refractivity contribution in [2.75, 3.05) is 28.5 Å². The first-order valence-corrected chi connectivity index (χ1v) is 10.4. The molecule has 1 saturated heterocycles. The molecular formula is C18H16ClF3N2O4S. The largest absolute Gasteiger partial charge is 0.482 e. The maximum Gasteiger partial charge on any atom is 0.422 e. The van der Waals surface area contributed by atoms with Gasteiger partial charge in [0.25, 0.3) is 5.91 Å². The number of nitrogens with zero attached hydrogens (tertiary/aromatic N) is 1. The van der Waals surface area contributed by atoms with Crippen LogP contribution in [-0.2, 0) is 10.0 Å². The van der Waals surface area contributed by atoms with Gasteiger partial charge in [-0.15, -0.1) is 0 Å². The van der Waals surface area contributed by atoms with Crippen molar-refractivity contribution in [1.82, 2.24) is 0 Å². The number of carbonyl (C=O) groups excluding carboxylic acids is 1. The van der Waals surface area contributed by atoms with E-state index in [0.717, 1.165) is 0 Å². The minimum Gasteiger partial charge on any atom is -0.482 e. The van der Waals surface area contributed by atoms with Gasteiger partial charge in [0, 0.05) is 17.1 Å². The van der Waals surface area contributed by atoms with Crippen molar-refractivity contribution < 1.29 is 31.1 Å². The predicted octanol–water partition coefficient (Wildman–Crippen LogP) is 4.07. The number of amides is 1. The monoisotopic (exact) mass is 448 g/mol. The van der Waals surface area contributed by atoms with Crippen LogP contribution in [0.3, 0.4) is 0 Å². The topological polar surface area (TPSA) is 75.7 Å². The van der Waals surface area contributed by atoms with E-state index in [1.54, 1.807) is 0 Å². The van der Waals surface area contributed by atoms with Crippen LogP contribution in [0.25, 0.3) is 0 Å². The van der Waals surface area contributed by atoms with Crippen molar-refractivity contribution >= 4 is 38.9 Å². The summed E-state index contributed by atoms with van der Waals surface area (Å²) in [6.45, 7) is -1.15. The molecule has 3 rings (SSSR count). The lowest BCUT2D eigenvalue weighted by Crippen LogP contribution is -2.25. The Hall–Kier alpha value is -2.46. The lowest BCUT2D eigenvalue weighted by Gasteiger charge is -2.17. The Morgan fingerprint density at radius 1 is 1.17 bits per heavy atom. The Morgan fingerprint density at radius 3 is 2.45 bits per heavy atom. The predicted molar refractivity (Wildman–Crippen MR) is 103 cm³/mol. The lowest BCUT2D eigenvalue weighted by atomic mass is 10.2. The number of hydrogen-bond donors (Lipinski definition) is 1. The van der Waals surface area contributed by atoms with Gasteiger partial charge in [-0.25, -0.2) is 8.42 Å². The van der Waals surface area contributed by atoms with Crippen molar-refractivity contribution in [3.63, 3.8) is 0 Å². The fraction of sp³-hybridized carbons (Fsp3) is 0.278. The number of alkyl halides is 3. The second-order valence-electron chi connectivity index (χ2n) is 6.29. The molecule has 2 aromatic rings. The third kappa shape index (κ3) is 5.33. The summed E-state index contributed by atoms with van der Waals surface area (Å²) in [5.41, 5.74) is 0.612. The van der Waals surface area contributed by atoms with Gasteiger partial charge < -0.3 is 10.1 Å². The van der Waals surface area contributed by atoms with Crippen LogP contribution in [0, 0.1) is 0 Å². The SMILES string of the molecule is O=C(Nc1cc(Cl)ccc1OCC(F)(F)F)c1ccc(N2CCCS2(=O)=O)cc1. The highest BCUT2D eigenvalue weighted by atomic mass is 35.5. The quantitative estimate of drug-likeness (QED) is 0.748. The van der Waals surface area contributed by atoms with Crippen LogP contribution in [0.4, 0.5) is 24.5 Å². The highest BCUT2D eigenvalue weighted by Gasteiger charge is 2.29. The number of benzene rings is 2. The summed E-state index contributed by atoms with van der Waals surface area (Å²) in [7, 11) is -3.34. The summed E-state index contributed by atoms with van der Waals surface area (Å²) in [5.74, 6) is -0.718. The van der Waals surface area contributed by atoms with Gasteiger partial charge >= 0.3 is 6.18 Å². The number of hydrogen-bond acceptors (Lipinski definition) is 4. The minimum absolute atomic E-state index is 0.0158. The Balaban J connectivity index is 1.76. The number of anilines is 2. The van der Waals surface area contributed by atoms with Crippen LogP contribution in [0.15, 0.2) is 42.5 Å². The highest BCUT2D eigenvalue weighted by molar-refractivity contribution is 7.93. The third-order valence-electron chi connectivity index (χ3n) is 4.10. The molecule has 0 aromatic heterocycles. The highest BCUT2D eigenvalue weighted by Crippen LogP contribution is 2.30. The molecule has 11 heteroatoms. The number of ether oxygens (including phenoxy) is 1. The standard InChI is InChI=1S/C18H16ClF3N2O4S/c19-13-4-7-16(28-11-18(20,21)22)15(10-13)23-17(25)12-2-5-14(6-3-12)24-8-1-9-29(24,26)27/h2-7,10H,1,8-9,11H2,(H,23,25). The van der Waals surface area contributed by atoms with Crippen LogP contribution in [-0.4, -0.2) is 39.4 Å². The summed E-state index contributed by atoms with van der Waals surface area (Å²) >= 11 is 5.87. The Kier molecular flexibility index (Phi) is 5.95. The zero-order valence-electron chi connectivity index (χ0n) is 14.9. The summed E-state index contributed by atoms with van der Waals surface area (Å²) < 4.78 is 67.2. The van der Waals surface area contributed by atoms with Crippen LogP contribution in [0.5, 0.6) is 5.75 Å². The van der Waals surface area contributed by atoms with Gasteiger partial charge in [-0.1, -0.05) is 11.6 Å². The molecule has 0 atom stereocenters. The van der Waals surface area contributed by atoms with E-state index in [1.165, 1.54) is 46.8 Å².